The summed E-state index contributed by atoms with van der Waals surface area (Å²) in [6, 6.07) is 0.306. The standard InChI is InChI=1S/C9H10ClN5O/c1-11-7-6-8(14-9(10)13-7)15(4-12-6)5-2-16-3-5/h4-5H,2-3H2,1H3,(H,11,13,14). The molecule has 84 valence electrons. The van der Waals surface area contributed by atoms with E-state index in [1.807, 2.05) is 4.57 Å². The summed E-state index contributed by atoms with van der Waals surface area (Å²) in [6.07, 6.45) is 1.75. The van der Waals surface area contributed by atoms with Gasteiger partial charge in [0.15, 0.2) is 17.0 Å². The second-order valence-electron chi connectivity index (χ2n) is 3.61. The number of hydrogen-bond donors (Lipinski definition) is 1. The van der Waals surface area contributed by atoms with Crippen LogP contribution in [0.1, 0.15) is 6.04 Å². The van der Waals surface area contributed by atoms with Crippen LogP contribution in [0.3, 0.4) is 0 Å². The highest BCUT2D eigenvalue weighted by Crippen LogP contribution is 2.25. The number of ether oxygens (including phenoxy) is 1. The molecule has 2 aromatic heterocycles. The molecule has 6 nitrogen and oxygen atoms in total. The van der Waals surface area contributed by atoms with Crippen molar-refractivity contribution in [2.45, 2.75) is 6.04 Å². The molecule has 1 saturated heterocycles. The maximum atomic E-state index is 5.86. The van der Waals surface area contributed by atoms with Crippen molar-refractivity contribution >= 4 is 28.6 Å². The monoisotopic (exact) mass is 239 g/mol. The molecule has 0 aliphatic carbocycles. The van der Waals surface area contributed by atoms with Gasteiger partial charge in [0.1, 0.15) is 0 Å². The van der Waals surface area contributed by atoms with Gasteiger partial charge in [-0.3, -0.25) is 0 Å². The molecular weight excluding hydrogens is 230 g/mol. The van der Waals surface area contributed by atoms with E-state index in [-0.39, 0.29) is 5.28 Å². The highest BCUT2D eigenvalue weighted by Gasteiger charge is 2.23. The lowest BCUT2D eigenvalue weighted by atomic mass is 10.2. The van der Waals surface area contributed by atoms with E-state index in [1.165, 1.54) is 0 Å². The predicted octanol–water partition coefficient (Wildman–Crippen LogP) is 1.09. The van der Waals surface area contributed by atoms with Crippen molar-refractivity contribution < 1.29 is 4.74 Å². The fourth-order valence-corrected chi connectivity index (χ4v) is 1.88. The largest absolute Gasteiger partial charge is 0.377 e. The molecule has 0 radical (unpaired) electrons. The zero-order valence-electron chi connectivity index (χ0n) is 8.64. The Morgan fingerprint density at radius 3 is 2.94 bits per heavy atom. The molecule has 3 heterocycles. The number of imidazole rings is 1. The second kappa shape index (κ2) is 3.57. The Balaban J connectivity index is 2.20. The predicted molar refractivity (Wildman–Crippen MR) is 59.7 cm³/mol. The van der Waals surface area contributed by atoms with E-state index < -0.39 is 0 Å². The fraction of sp³-hybridized carbons (Fsp3) is 0.444. The molecule has 1 aliphatic rings. The van der Waals surface area contributed by atoms with E-state index in [1.54, 1.807) is 13.4 Å². The third kappa shape index (κ3) is 1.34. The Kier molecular flexibility index (Phi) is 2.19. The van der Waals surface area contributed by atoms with Crippen molar-refractivity contribution in [3.8, 4) is 0 Å². The van der Waals surface area contributed by atoms with E-state index in [2.05, 4.69) is 20.3 Å². The third-order valence-corrected chi connectivity index (χ3v) is 2.81. The van der Waals surface area contributed by atoms with E-state index in [0.29, 0.717) is 25.1 Å². The van der Waals surface area contributed by atoms with E-state index in [0.717, 1.165) is 11.2 Å². The first-order valence-electron chi connectivity index (χ1n) is 4.95. The normalized spacial score (nSPS) is 16.4. The lowest BCUT2D eigenvalue weighted by Crippen LogP contribution is -2.30. The van der Waals surface area contributed by atoms with Crippen LogP contribution >= 0.6 is 11.6 Å². The molecule has 0 amide bonds. The van der Waals surface area contributed by atoms with Crippen LogP contribution in [0.25, 0.3) is 11.2 Å². The van der Waals surface area contributed by atoms with Gasteiger partial charge < -0.3 is 14.6 Å². The summed E-state index contributed by atoms with van der Waals surface area (Å²) >= 11 is 5.86. The summed E-state index contributed by atoms with van der Waals surface area (Å²) in [5.41, 5.74) is 1.48. The Labute approximate surface area is 96.6 Å². The first-order valence-corrected chi connectivity index (χ1v) is 5.33. The summed E-state index contributed by atoms with van der Waals surface area (Å²) in [4.78, 5) is 12.6. The van der Waals surface area contributed by atoms with Crippen molar-refractivity contribution in [1.29, 1.82) is 0 Å². The minimum Gasteiger partial charge on any atom is -0.377 e. The van der Waals surface area contributed by atoms with Crippen molar-refractivity contribution in [3.63, 3.8) is 0 Å². The molecule has 3 rings (SSSR count). The summed E-state index contributed by atoms with van der Waals surface area (Å²) < 4.78 is 7.13. The smallest absolute Gasteiger partial charge is 0.226 e. The molecule has 1 N–H and O–H groups in total. The minimum atomic E-state index is 0.221. The number of nitrogens with zero attached hydrogens (tertiary/aromatic N) is 4. The quantitative estimate of drug-likeness (QED) is 0.795. The third-order valence-electron chi connectivity index (χ3n) is 2.64. The van der Waals surface area contributed by atoms with Crippen LogP contribution in [0.15, 0.2) is 6.33 Å². The van der Waals surface area contributed by atoms with Gasteiger partial charge in [-0.15, -0.1) is 0 Å². The Bertz CT molecular complexity index is 536. The first-order chi connectivity index (χ1) is 7.79. The molecule has 1 fully saturated rings. The van der Waals surface area contributed by atoms with Crippen molar-refractivity contribution in [2.75, 3.05) is 25.6 Å². The van der Waals surface area contributed by atoms with Crippen molar-refractivity contribution in [3.05, 3.63) is 11.6 Å². The maximum absolute atomic E-state index is 5.86. The average Bonchev–Trinajstić information content (AvgIpc) is 2.58. The molecule has 0 bridgehead atoms. The van der Waals surface area contributed by atoms with Crippen LogP contribution in [0.2, 0.25) is 5.28 Å². The highest BCUT2D eigenvalue weighted by atomic mass is 35.5. The van der Waals surface area contributed by atoms with Gasteiger partial charge in [-0.25, -0.2) is 4.98 Å². The lowest BCUT2D eigenvalue weighted by Gasteiger charge is -2.27. The Morgan fingerprint density at radius 1 is 1.50 bits per heavy atom. The molecular formula is C9H10ClN5O. The highest BCUT2D eigenvalue weighted by molar-refractivity contribution is 6.28. The van der Waals surface area contributed by atoms with E-state index in [4.69, 9.17) is 16.3 Å². The van der Waals surface area contributed by atoms with Crippen LogP contribution in [0, 0.1) is 0 Å². The summed E-state index contributed by atoms with van der Waals surface area (Å²) in [6.45, 7) is 1.39. The fourth-order valence-electron chi connectivity index (χ4n) is 1.72. The summed E-state index contributed by atoms with van der Waals surface area (Å²) in [5, 5.41) is 3.18. The van der Waals surface area contributed by atoms with Gasteiger partial charge >= 0.3 is 0 Å². The molecule has 0 aromatic carbocycles. The average molecular weight is 240 g/mol. The maximum Gasteiger partial charge on any atom is 0.226 e. The lowest BCUT2D eigenvalue weighted by molar-refractivity contribution is -0.0218. The zero-order chi connectivity index (χ0) is 11.1. The van der Waals surface area contributed by atoms with Gasteiger partial charge in [0, 0.05) is 7.05 Å². The Morgan fingerprint density at radius 2 is 2.31 bits per heavy atom. The number of rotatable bonds is 2. The number of nitrogens with one attached hydrogen (secondary N) is 1. The first kappa shape index (κ1) is 9.80. The SMILES string of the molecule is CNc1nc(Cl)nc2c1ncn2C1COC1. The van der Waals surface area contributed by atoms with Crippen LogP contribution < -0.4 is 5.32 Å². The van der Waals surface area contributed by atoms with Crippen LogP contribution in [0.5, 0.6) is 0 Å². The van der Waals surface area contributed by atoms with Gasteiger partial charge in [0.2, 0.25) is 5.28 Å². The number of hydrogen-bond acceptors (Lipinski definition) is 5. The number of anilines is 1. The molecule has 0 saturated carbocycles. The minimum absolute atomic E-state index is 0.221. The van der Waals surface area contributed by atoms with Gasteiger partial charge in [-0.2, -0.15) is 9.97 Å². The van der Waals surface area contributed by atoms with E-state index in [9.17, 15) is 0 Å². The molecule has 2 aromatic rings. The molecule has 16 heavy (non-hydrogen) atoms. The summed E-state index contributed by atoms with van der Waals surface area (Å²) in [5.74, 6) is 0.647. The second-order valence-corrected chi connectivity index (χ2v) is 3.94. The molecule has 0 atom stereocenters. The van der Waals surface area contributed by atoms with Crippen molar-refractivity contribution in [1.82, 2.24) is 19.5 Å². The molecule has 0 unspecified atom stereocenters. The zero-order valence-corrected chi connectivity index (χ0v) is 9.40. The van der Waals surface area contributed by atoms with Crippen LogP contribution in [-0.2, 0) is 4.74 Å². The van der Waals surface area contributed by atoms with Gasteiger partial charge in [0.05, 0.1) is 25.6 Å². The van der Waals surface area contributed by atoms with Gasteiger partial charge in [0.25, 0.3) is 0 Å². The molecule has 1 aliphatic heterocycles. The van der Waals surface area contributed by atoms with Crippen LogP contribution in [-0.4, -0.2) is 39.8 Å². The number of halogens is 1. The summed E-state index contributed by atoms with van der Waals surface area (Å²) in [7, 11) is 1.78. The molecule has 7 heteroatoms. The Hall–Kier alpha value is -1.40. The van der Waals surface area contributed by atoms with Gasteiger partial charge in [-0.05, 0) is 11.6 Å². The van der Waals surface area contributed by atoms with Crippen molar-refractivity contribution in [2.24, 2.45) is 0 Å². The number of aromatic nitrogens is 4. The number of fused-ring (bicyclic) bond motifs is 1. The molecule has 0 spiro atoms. The van der Waals surface area contributed by atoms with Gasteiger partial charge in [-0.1, -0.05) is 0 Å². The topological polar surface area (TPSA) is 64.9 Å². The van der Waals surface area contributed by atoms with E-state index >= 15 is 0 Å². The van der Waals surface area contributed by atoms with Crippen LogP contribution in [0.4, 0.5) is 5.82 Å².